The highest BCUT2D eigenvalue weighted by Gasteiger charge is 1.89. The minimum Gasteiger partial charge on any atom is -0.0988 e. The van der Waals surface area contributed by atoms with Crippen LogP contribution in [-0.2, 0) is 0 Å². The van der Waals surface area contributed by atoms with Crippen LogP contribution in [0.4, 0.5) is 0 Å². The van der Waals surface area contributed by atoms with Gasteiger partial charge in [-0.1, -0.05) is 74.4 Å². The van der Waals surface area contributed by atoms with Crippen LogP contribution < -0.4 is 0 Å². The summed E-state index contributed by atoms with van der Waals surface area (Å²) < 4.78 is 0. The maximum atomic E-state index is 3.69. The van der Waals surface area contributed by atoms with Gasteiger partial charge in [0.15, 0.2) is 0 Å². The number of hydrogen-bond donors (Lipinski definition) is 0. The highest BCUT2D eigenvalue weighted by molar-refractivity contribution is 5.63. The molecule has 0 aliphatic carbocycles. The van der Waals surface area contributed by atoms with E-state index in [2.05, 4.69) is 26.3 Å². The molecule has 0 bridgehead atoms. The van der Waals surface area contributed by atoms with E-state index in [9.17, 15) is 0 Å². The fraction of sp³-hybridized carbons (Fsp3) is 0.0667. The maximum Gasteiger partial charge on any atom is -0.0190 e. The summed E-state index contributed by atoms with van der Waals surface area (Å²) in [5, 5.41) is 0. The predicted octanol–water partition coefficient (Wildman–Crippen LogP) is 4.72. The first kappa shape index (κ1) is 13.2. The largest absolute Gasteiger partial charge is 0.0988 e. The maximum absolute atomic E-state index is 3.69. The minimum absolute atomic E-state index is 1.02. The lowest BCUT2D eigenvalue weighted by atomic mass is 10.1. The highest BCUT2D eigenvalue weighted by Crippen LogP contribution is 2.10. The SMILES string of the molecule is C=CC(=C)C.C=Cc1ccccc1C=C. The van der Waals surface area contributed by atoms with E-state index < -0.39 is 0 Å². The van der Waals surface area contributed by atoms with Gasteiger partial charge in [-0.2, -0.15) is 0 Å². The molecule has 0 spiro atoms. The number of allylic oxidation sites excluding steroid dienone is 2. The van der Waals surface area contributed by atoms with Crippen molar-refractivity contribution in [2.45, 2.75) is 6.92 Å². The molecule has 0 nitrogen and oxygen atoms in total. The van der Waals surface area contributed by atoms with Gasteiger partial charge >= 0.3 is 0 Å². The molecule has 0 aromatic heterocycles. The normalized spacial score (nSPS) is 8.07. The summed E-state index contributed by atoms with van der Waals surface area (Å²) in [5.41, 5.74) is 3.29. The van der Waals surface area contributed by atoms with Crippen molar-refractivity contribution in [3.63, 3.8) is 0 Å². The van der Waals surface area contributed by atoms with E-state index >= 15 is 0 Å². The zero-order valence-electron chi connectivity index (χ0n) is 9.37. The van der Waals surface area contributed by atoms with Gasteiger partial charge in [0.1, 0.15) is 0 Å². The molecule has 0 amide bonds. The zero-order valence-corrected chi connectivity index (χ0v) is 9.37. The van der Waals surface area contributed by atoms with Gasteiger partial charge in [-0.15, -0.1) is 0 Å². The first-order valence-corrected chi connectivity index (χ1v) is 4.77. The number of rotatable bonds is 3. The Morgan fingerprint density at radius 3 is 1.53 bits per heavy atom. The molecule has 15 heavy (non-hydrogen) atoms. The number of benzene rings is 1. The molecule has 0 aliphatic rings. The van der Waals surface area contributed by atoms with Crippen molar-refractivity contribution < 1.29 is 0 Å². The lowest BCUT2D eigenvalue weighted by molar-refractivity contribution is 1.58. The number of hydrogen-bond acceptors (Lipinski definition) is 0. The third-order valence-corrected chi connectivity index (χ3v) is 1.78. The van der Waals surface area contributed by atoms with Crippen LogP contribution in [0.1, 0.15) is 18.1 Å². The summed E-state index contributed by atoms with van der Waals surface area (Å²) in [6.45, 7) is 16.3. The Morgan fingerprint density at radius 2 is 1.33 bits per heavy atom. The van der Waals surface area contributed by atoms with Crippen LogP contribution >= 0.6 is 0 Å². The van der Waals surface area contributed by atoms with Crippen molar-refractivity contribution in [1.29, 1.82) is 0 Å². The summed E-state index contributed by atoms with van der Waals surface area (Å²) in [5.74, 6) is 0. The molecule has 1 aromatic rings. The lowest BCUT2D eigenvalue weighted by Crippen LogP contribution is -1.76. The Kier molecular flexibility index (Phi) is 6.65. The Hall–Kier alpha value is -1.82. The van der Waals surface area contributed by atoms with Gasteiger partial charge in [0, 0.05) is 0 Å². The van der Waals surface area contributed by atoms with Crippen molar-refractivity contribution in [3.8, 4) is 0 Å². The minimum atomic E-state index is 1.02. The molecule has 0 aliphatic heterocycles. The molecule has 0 saturated carbocycles. The molecule has 78 valence electrons. The molecule has 1 aromatic carbocycles. The molecule has 0 fully saturated rings. The van der Waals surface area contributed by atoms with Gasteiger partial charge in [-0.25, -0.2) is 0 Å². The van der Waals surface area contributed by atoms with Gasteiger partial charge < -0.3 is 0 Å². The standard InChI is InChI=1S/C10H10.C5H8/c1-3-9-7-5-6-8-10(9)4-2;1-4-5(2)3/h3-8H,1-2H2;4H,1-2H2,3H3. The zero-order chi connectivity index (χ0) is 11.7. The van der Waals surface area contributed by atoms with Crippen LogP contribution in [-0.4, -0.2) is 0 Å². The van der Waals surface area contributed by atoms with E-state index in [4.69, 9.17) is 0 Å². The second-order valence-corrected chi connectivity index (χ2v) is 3.09. The second kappa shape index (κ2) is 7.57. The third kappa shape index (κ3) is 5.48. The smallest absolute Gasteiger partial charge is 0.0190 e. The highest BCUT2D eigenvalue weighted by atomic mass is 13.9. The average Bonchev–Trinajstić information content (AvgIpc) is 2.29. The molecule has 0 saturated heterocycles. The van der Waals surface area contributed by atoms with E-state index in [0.717, 1.165) is 16.7 Å². The van der Waals surface area contributed by atoms with Crippen LogP contribution in [0.3, 0.4) is 0 Å². The van der Waals surface area contributed by atoms with E-state index in [-0.39, 0.29) is 0 Å². The molecule has 0 unspecified atom stereocenters. The van der Waals surface area contributed by atoms with Crippen molar-refractivity contribution in [1.82, 2.24) is 0 Å². The summed E-state index contributed by atoms with van der Waals surface area (Å²) in [6, 6.07) is 8.02. The van der Waals surface area contributed by atoms with Crippen molar-refractivity contribution in [2.24, 2.45) is 0 Å². The van der Waals surface area contributed by atoms with Crippen LogP contribution in [0.5, 0.6) is 0 Å². The lowest BCUT2D eigenvalue weighted by Gasteiger charge is -1.96. The predicted molar refractivity (Wildman–Crippen MR) is 71.6 cm³/mol. The first-order valence-electron chi connectivity index (χ1n) is 4.77. The monoisotopic (exact) mass is 198 g/mol. The summed E-state index contributed by atoms with van der Waals surface area (Å²) >= 11 is 0. The van der Waals surface area contributed by atoms with Gasteiger partial charge in [0.25, 0.3) is 0 Å². The van der Waals surface area contributed by atoms with E-state index in [1.807, 2.05) is 43.3 Å². The Morgan fingerprint density at radius 1 is 1.00 bits per heavy atom. The van der Waals surface area contributed by atoms with Crippen LogP contribution in [0.15, 0.2) is 62.2 Å². The molecule has 0 heteroatoms. The fourth-order valence-electron chi connectivity index (χ4n) is 0.883. The van der Waals surface area contributed by atoms with Gasteiger partial charge in [0.05, 0.1) is 0 Å². The summed E-state index contributed by atoms with van der Waals surface area (Å²) in [4.78, 5) is 0. The fourth-order valence-corrected chi connectivity index (χ4v) is 0.883. The molecule has 0 N–H and O–H groups in total. The Bertz CT molecular complexity index is 329. The molecular formula is C15H18. The molecular weight excluding hydrogens is 180 g/mol. The summed E-state index contributed by atoms with van der Waals surface area (Å²) in [7, 11) is 0. The van der Waals surface area contributed by atoms with Crippen molar-refractivity contribution >= 4 is 12.2 Å². The van der Waals surface area contributed by atoms with Crippen LogP contribution in [0, 0.1) is 0 Å². The van der Waals surface area contributed by atoms with E-state index in [1.54, 1.807) is 6.08 Å². The van der Waals surface area contributed by atoms with Crippen molar-refractivity contribution in [2.75, 3.05) is 0 Å². The Labute approximate surface area is 93.0 Å². The van der Waals surface area contributed by atoms with Crippen molar-refractivity contribution in [3.05, 3.63) is 73.4 Å². The summed E-state index contributed by atoms with van der Waals surface area (Å²) in [6.07, 6.45) is 5.38. The second-order valence-electron chi connectivity index (χ2n) is 3.09. The average molecular weight is 198 g/mol. The van der Waals surface area contributed by atoms with Crippen LogP contribution in [0.25, 0.3) is 12.2 Å². The first-order chi connectivity index (χ1) is 7.15. The molecule has 0 atom stereocenters. The molecule has 0 heterocycles. The van der Waals surface area contributed by atoms with E-state index in [1.165, 1.54) is 0 Å². The quantitative estimate of drug-likeness (QED) is 0.616. The van der Waals surface area contributed by atoms with E-state index in [0.29, 0.717) is 0 Å². The molecule has 1 rings (SSSR count). The van der Waals surface area contributed by atoms with Gasteiger partial charge in [-0.05, 0) is 18.1 Å². The van der Waals surface area contributed by atoms with Gasteiger partial charge in [0.2, 0.25) is 0 Å². The molecule has 0 radical (unpaired) electrons. The van der Waals surface area contributed by atoms with Crippen LogP contribution in [0.2, 0.25) is 0 Å². The van der Waals surface area contributed by atoms with Gasteiger partial charge in [-0.3, -0.25) is 0 Å². The third-order valence-electron chi connectivity index (χ3n) is 1.78. The topological polar surface area (TPSA) is 0 Å². The Balaban J connectivity index is 0.000000336.